The first-order valence-electron chi connectivity index (χ1n) is 9.38. The van der Waals surface area contributed by atoms with E-state index in [9.17, 15) is 14.7 Å². The Morgan fingerprint density at radius 3 is 2.61 bits per heavy atom. The Morgan fingerprint density at radius 1 is 1.23 bits per heavy atom. The van der Waals surface area contributed by atoms with E-state index in [4.69, 9.17) is 16.3 Å². The highest BCUT2D eigenvalue weighted by atomic mass is 35.5. The number of allylic oxidation sites excluding steroid dienone is 1. The van der Waals surface area contributed by atoms with Gasteiger partial charge in [0.25, 0.3) is 5.91 Å². The Morgan fingerprint density at radius 2 is 1.97 bits per heavy atom. The largest absolute Gasteiger partial charge is 0.495 e. The molecule has 0 unspecified atom stereocenters. The zero-order valence-electron chi connectivity index (χ0n) is 16.7. The number of carbonyl (C=O) groups is 2. The maximum atomic E-state index is 12.9. The minimum atomic E-state index is -1.13. The molecule has 158 valence electrons. The highest BCUT2D eigenvalue weighted by Crippen LogP contribution is 2.33. The maximum absolute atomic E-state index is 12.9. The van der Waals surface area contributed by atoms with E-state index in [0.717, 1.165) is 11.1 Å². The van der Waals surface area contributed by atoms with Gasteiger partial charge in [0.15, 0.2) is 0 Å². The van der Waals surface area contributed by atoms with Gasteiger partial charge in [0, 0.05) is 5.69 Å². The fraction of sp³-hybridized carbons (Fsp3) is 0.136. The molecule has 1 aliphatic rings. The van der Waals surface area contributed by atoms with Crippen LogP contribution in [0.5, 0.6) is 5.75 Å². The summed E-state index contributed by atoms with van der Waals surface area (Å²) in [6.45, 7) is 1.97. The second-order valence-electron chi connectivity index (χ2n) is 7.02. The van der Waals surface area contributed by atoms with E-state index in [0.29, 0.717) is 22.3 Å². The molecule has 3 aromatic rings. The van der Waals surface area contributed by atoms with Crippen molar-refractivity contribution in [3.05, 3.63) is 82.1 Å². The van der Waals surface area contributed by atoms with E-state index in [1.807, 2.05) is 31.2 Å². The Kier molecular flexibility index (Phi) is 5.39. The number of hydrogen-bond donors (Lipinski definition) is 3. The highest BCUT2D eigenvalue weighted by Gasteiger charge is 2.29. The van der Waals surface area contributed by atoms with Crippen molar-refractivity contribution in [3.8, 4) is 5.75 Å². The fourth-order valence-corrected chi connectivity index (χ4v) is 3.59. The topological polar surface area (TPSA) is 105 Å². The molecule has 2 heterocycles. The van der Waals surface area contributed by atoms with Crippen LogP contribution in [-0.4, -0.2) is 33.9 Å². The van der Waals surface area contributed by atoms with Crippen molar-refractivity contribution in [3.63, 3.8) is 0 Å². The van der Waals surface area contributed by atoms with Crippen molar-refractivity contribution in [2.75, 3.05) is 17.7 Å². The molecule has 3 N–H and O–H groups in total. The predicted molar refractivity (Wildman–Crippen MR) is 117 cm³/mol. The number of carboxylic acid groups (broad SMARTS) is 1. The molecule has 8 nitrogen and oxygen atoms in total. The zero-order chi connectivity index (χ0) is 22.1. The van der Waals surface area contributed by atoms with Crippen LogP contribution in [0.3, 0.4) is 0 Å². The molecule has 1 aromatic heterocycles. The molecule has 0 saturated carbocycles. The molecule has 1 amide bonds. The number of aliphatic carboxylic acids is 1. The maximum Gasteiger partial charge on any atom is 0.352 e. The number of carboxylic acids is 1. The molecule has 0 radical (unpaired) electrons. The van der Waals surface area contributed by atoms with Crippen LogP contribution in [0.1, 0.15) is 27.5 Å². The van der Waals surface area contributed by atoms with Crippen molar-refractivity contribution in [1.29, 1.82) is 0 Å². The van der Waals surface area contributed by atoms with Gasteiger partial charge in [-0.25, -0.2) is 9.48 Å². The standard InChI is InChI=1S/C22H19ClN4O4/c1-12-3-5-13(6-4-12)18-10-17(22(29)30)26-20-15(11-24-27(18)20)21(28)25-14-7-8-19(31-2)16(23)9-14/h3-11,18,26H,1-2H3,(H,25,28)(H,29,30)/t18-/m0/s1. The van der Waals surface area contributed by atoms with Crippen molar-refractivity contribution in [2.24, 2.45) is 0 Å². The second-order valence-corrected chi connectivity index (χ2v) is 7.43. The van der Waals surface area contributed by atoms with Crippen LogP contribution in [0, 0.1) is 6.92 Å². The fourth-order valence-electron chi connectivity index (χ4n) is 3.33. The summed E-state index contributed by atoms with van der Waals surface area (Å²) < 4.78 is 6.71. The molecule has 1 atom stereocenters. The Labute approximate surface area is 183 Å². The van der Waals surface area contributed by atoms with E-state index in [1.54, 1.807) is 29.0 Å². The quantitative estimate of drug-likeness (QED) is 0.554. The number of carbonyl (C=O) groups excluding carboxylic acids is 1. The van der Waals surface area contributed by atoms with Crippen LogP contribution in [-0.2, 0) is 4.79 Å². The molecular formula is C22H19ClN4O4. The van der Waals surface area contributed by atoms with Gasteiger partial charge in [-0.1, -0.05) is 41.4 Å². The molecule has 31 heavy (non-hydrogen) atoms. The van der Waals surface area contributed by atoms with Gasteiger partial charge in [-0.2, -0.15) is 5.10 Å². The van der Waals surface area contributed by atoms with Crippen LogP contribution < -0.4 is 15.4 Å². The van der Waals surface area contributed by atoms with E-state index in [2.05, 4.69) is 15.7 Å². The number of hydrogen-bond acceptors (Lipinski definition) is 5. The van der Waals surface area contributed by atoms with E-state index < -0.39 is 17.9 Å². The summed E-state index contributed by atoms with van der Waals surface area (Å²) >= 11 is 6.13. The third kappa shape index (κ3) is 3.97. The first-order valence-corrected chi connectivity index (χ1v) is 9.76. The molecule has 0 spiro atoms. The summed E-state index contributed by atoms with van der Waals surface area (Å²) in [5, 5.41) is 19.8. The number of nitrogens with one attached hydrogen (secondary N) is 2. The van der Waals surface area contributed by atoms with Gasteiger partial charge < -0.3 is 20.5 Å². The van der Waals surface area contributed by atoms with Gasteiger partial charge in [0.05, 0.1) is 24.4 Å². The summed E-state index contributed by atoms with van der Waals surface area (Å²) in [5.74, 6) is -0.800. The minimum absolute atomic E-state index is 0.0277. The third-order valence-corrected chi connectivity index (χ3v) is 5.24. The Hall–Kier alpha value is -3.78. The van der Waals surface area contributed by atoms with E-state index >= 15 is 0 Å². The van der Waals surface area contributed by atoms with Gasteiger partial charge >= 0.3 is 5.97 Å². The van der Waals surface area contributed by atoms with Crippen LogP contribution in [0.4, 0.5) is 11.5 Å². The summed E-state index contributed by atoms with van der Waals surface area (Å²) in [7, 11) is 1.50. The van der Waals surface area contributed by atoms with Crippen LogP contribution in [0.15, 0.2) is 60.4 Å². The summed E-state index contributed by atoms with van der Waals surface area (Å²) in [6, 6.07) is 12.1. The lowest BCUT2D eigenvalue weighted by molar-refractivity contribution is -0.132. The molecule has 2 aromatic carbocycles. The van der Waals surface area contributed by atoms with Crippen molar-refractivity contribution >= 4 is 35.0 Å². The number of rotatable bonds is 5. The molecule has 0 fully saturated rings. The predicted octanol–water partition coefficient (Wildman–Crippen LogP) is 4.09. The third-order valence-electron chi connectivity index (χ3n) is 4.94. The number of anilines is 2. The number of fused-ring (bicyclic) bond motifs is 1. The van der Waals surface area contributed by atoms with Gasteiger partial charge in [-0.05, 0) is 36.8 Å². The number of amides is 1. The first-order chi connectivity index (χ1) is 14.9. The second kappa shape index (κ2) is 8.16. The van der Waals surface area contributed by atoms with Crippen molar-refractivity contribution in [1.82, 2.24) is 9.78 Å². The number of ether oxygens (including phenoxy) is 1. The van der Waals surface area contributed by atoms with Gasteiger partial charge in [-0.15, -0.1) is 0 Å². The Balaban J connectivity index is 1.68. The molecule has 4 rings (SSSR count). The number of nitrogens with zero attached hydrogens (tertiary/aromatic N) is 2. The first kappa shape index (κ1) is 20.5. The average Bonchev–Trinajstić information content (AvgIpc) is 3.18. The highest BCUT2D eigenvalue weighted by molar-refractivity contribution is 6.32. The lowest BCUT2D eigenvalue weighted by Crippen LogP contribution is -2.25. The zero-order valence-corrected chi connectivity index (χ0v) is 17.5. The monoisotopic (exact) mass is 438 g/mol. The van der Waals surface area contributed by atoms with E-state index in [1.165, 1.54) is 13.3 Å². The number of benzene rings is 2. The molecule has 0 bridgehead atoms. The minimum Gasteiger partial charge on any atom is -0.495 e. The number of halogens is 1. The van der Waals surface area contributed by atoms with Crippen LogP contribution >= 0.6 is 11.6 Å². The molecule has 0 aliphatic carbocycles. The molecule has 1 aliphatic heterocycles. The number of methoxy groups -OCH3 is 1. The van der Waals surface area contributed by atoms with Crippen molar-refractivity contribution in [2.45, 2.75) is 13.0 Å². The number of aromatic nitrogens is 2. The van der Waals surface area contributed by atoms with Crippen LogP contribution in [0.2, 0.25) is 5.02 Å². The number of aryl methyl sites for hydroxylation is 1. The summed E-state index contributed by atoms with van der Waals surface area (Å²) in [5.41, 5.74) is 2.58. The SMILES string of the molecule is COc1ccc(NC(=O)c2cnn3c2NC(C(=O)O)=C[C@H]3c2ccc(C)cc2)cc1Cl. The lowest BCUT2D eigenvalue weighted by Gasteiger charge is -2.24. The van der Waals surface area contributed by atoms with Gasteiger partial charge in [0.1, 0.15) is 22.8 Å². The smallest absolute Gasteiger partial charge is 0.352 e. The van der Waals surface area contributed by atoms with Gasteiger partial charge in [-0.3, -0.25) is 4.79 Å². The average molecular weight is 439 g/mol. The summed E-state index contributed by atoms with van der Waals surface area (Å²) in [4.78, 5) is 24.6. The molecular weight excluding hydrogens is 420 g/mol. The normalized spacial score (nSPS) is 14.8. The Bertz CT molecular complexity index is 1200. The molecule has 9 heteroatoms. The van der Waals surface area contributed by atoms with Crippen molar-refractivity contribution < 1.29 is 19.4 Å². The van der Waals surface area contributed by atoms with Crippen LogP contribution in [0.25, 0.3) is 0 Å². The van der Waals surface area contributed by atoms with Gasteiger partial charge in [0.2, 0.25) is 0 Å². The molecule has 0 saturated heterocycles. The van der Waals surface area contributed by atoms with E-state index in [-0.39, 0.29) is 11.3 Å². The summed E-state index contributed by atoms with van der Waals surface area (Å²) in [6.07, 6.45) is 2.97. The lowest BCUT2D eigenvalue weighted by atomic mass is 10.0.